The van der Waals surface area contributed by atoms with Crippen LogP contribution in [0, 0.1) is 25.2 Å². The summed E-state index contributed by atoms with van der Waals surface area (Å²) in [6, 6.07) is 9.30. The number of anilines is 1. The van der Waals surface area contributed by atoms with Gasteiger partial charge in [-0.2, -0.15) is 5.26 Å². The maximum Gasteiger partial charge on any atom is 0.249 e. The standard InChI is InChI=1S/C16H13ClN2OS/c1-10-11(2)21-16(14(10)9-18)19-15(20)8-5-12-3-6-13(17)7-4-12/h3-8H,1-2H3,(H,19,20). The van der Waals surface area contributed by atoms with E-state index in [1.165, 1.54) is 17.4 Å². The lowest BCUT2D eigenvalue weighted by molar-refractivity contribution is -0.111. The molecule has 0 unspecified atom stereocenters. The molecule has 0 radical (unpaired) electrons. The molecule has 0 bridgehead atoms. The van der Waals surface area contributed by atoms with Gasteiger partial charge >= 0.3 is 0 Å². The lowest BCUT2D eigenvalue weighted by Crippen LogP contribution is -2.07. The second-order valence-electron chi connectivity index (χ2n) is 4.47. The maximum absolute atomic E-state index is 11.9. The van der Waals surface area contributed by atoms with E-state index in [4.69, 9.17) is 16.9 Å². The van der Waals surface area contributed by atoms with Gasteiger partial charge < -0.3 is 5.32 Å². The highest BCUT2D eigenvalue weighted by atomic mass is 35.5. The zero-order valence-corrected chi connectivity index (χ0v) is 13.2. The van der Waals surface area contributed by atoms with Crippen LogP contribution in [-0.2, 0) is 4.79 Å². The number of hydrogen-bond donors (Lipinski definition) is 1. The van der Waals surface area contributed by atoms with Gasteiger partial charge in [-0.3, -0.25) is 4.79 Å². The largest absolute Gasteiger partial charge is 0.313 e. The van der Waals surface area contributed by atoms with E-state index in [-0.39, 0.29) is 5.91 Å². The summed E-state index contributed by atoms with van der Waals surface area (Å²) in [6.45, 7) is 3.81. The molecule has 106 valence electrons. The minimum Gasteiger partial charge on any atom is -0.313 e. The molecule has 1 N–H and O–H groups in total. The highest BCUT2D eigenvalue weighted by Gasteiger charge is 2.13. The minimum absolute atomic E-state index is 0.261. The molecule has 0 aliphatic rings. The molecule has 0 fully saturated rings. The fraction of sp³-hybridized carbons (Fsp3) is 0.125. The van der Waals surface area contributed by atoms with Crippen molar-refractivity contribution in [1.82, 2.24) is 0 Å². The van der Waals surface area contributed by atoms with E-state index in [1.54, 1.807) is 18.2 Å². The van der Waals surface area contributed by atoms with Crippen molar-refractivity contribution in [2.75, 3.05) is 5.32 Å². The minimum atomic E-state index is -0.261. The normalized spacial score (nSPS) is 10.6. The van der Waals surface area contributed by atoms with Crippen LogP contribution in [0.4, 0.5) is 5.00 Å². The van der Waals surface area contributed by atoms with Crippen molar-refractivity contribution < 1.29 is 4.79 Å². The van der Waals surface area contributed by atoms with Crippen LogP contribution in [0.15, 0.2) is 30.3 Å². The van der Waals surface area contributed by atoms with Crippen molar-refractivity contribution in [2.45, 2.75) is 13.8 Å². The maximum atomic E-state index is 11.9. The summed E-state index contributed by atoms with van der Waals surface area (Å²) in [6.07, 6.45) is 3.14. The van der Waals surface area contributed by atoms with Gasteiger partial charge in [-0.25, -0.2) is 0 Å². The van der Waals surface area contributed by atoms with Gasteiger partial charge in [-0.05, 0) is 43.2 Å². The van der Waals surface area contributed by atoms with E-state index in [0.717, 1.165) is 16.0 Å². The number of carbonyl (C=O) groups excluding carboxylic acids is 1. The first-order valence-corrected chi connectivity index (χ1v) is 7.45. The van der Waals surface area contributed by atoms with Crippen LogP contribution in [0.1, 0.15) is 21.6 Å². The Hall–Kier alpha value is -2.09. The van der Waals surface area contributed by atoms with Crippen LogP contribution in [0.5, 0.6) is 0 Å². The van der Waals surface area contributed by atoms with Gasteiger partial charge in [0.25, 0.3) is 0 Å². The number of benzene rings is 1. The number of hydrogen-bond acceptors (Lipinski definition) is 3. The quantitative estimate of drug-likeness (QED) is 0.845. The molecule has 5 heteroatoms. The van der Waals surface area contributed by atoms with E-state index in [1.807, 2.05) is 26.0 Å². The van der Waals surface area contributed by atoms with Gasteiger partial charge in [0.05, 0.1) is 5.56 Å². The predicted octanol–water partition coefficient (Wildman–Crippen LogP) is 4.54. The number of thiophene rings is 1. The van der Waals surface area contributed by atoms with Crippen LogP contribution in [0.3, 0.4) is 0 Å². The second kappa shape index (κ2) is 6.57. The summed E-state index contributed by atoms with van der Waals surface area (Å²) in [4.78, 5) is 12.9. The van der Waals surface area contributed by atoms with Gasteiger partial charge in [0.2, 0.25) is 5.91 Å². The number of carbonyl (C=O) groups is 1. The first-order valence-electron chi connectivity index (χ1n) is 6.26. The smallest absolute Gasteiger partial charge is 0.249 e. The van der Waals surface area contributed by atoms with Gasteiger partial charge in [0.15, 0.2) is 0 Å². The number of nitrogens with zero attached hydrogens (tertiary/aromatic N) is 1. The molecule has 0 aliphatic carbocycles. The summed E-state index contributed by atoms with van der Waals surface area (Å²) in [5.74, 6) is -0.261. The van der Waals surface area contributed by atoms with Crippen LogP contribution in [0.2, 0.25) is 5.02 Å². The second-order valence-corrected chi connectivity index (χ2v) is 6.13. The zero-order chi connectivity index (χ0) is 15.4. The summed E-state index contributed by atoms with van der Waals surface area (Å²) in [5.41, 5.74) is 2.33. The van der Waals surface area contributed by atoms with Crippen molar-refractivity contribution in [3.8, 4) is 6.07 Å². The Morgan fingerprint density at radius 1 is 1.33 bits per heavy atom. The third-order valence-corrected chi connectivity index (χ3v) is 4.41. The Kier molecular flexibility index (Phi) is 4.79. The molecule has 0 aliphatic heterocycles. The Bertz CT molecular complexity index is 739. The van der Waals surface area contributed by atoms with Crippen molar-refractivity contribution in [2.24, 2.45) is 0 Å². The summed E-state index contributed by atoms with van der Waals surface area (Å²) in [5, 5.41) is 13.1. The Labute approximate surface area is 132 Å². The van der Waals surface area contributed by atoms with Crippen LogP contribution in [-0.4, -0.2) is 5.91 Å². The molecule has 3 nitrogen and oxygen atoms in total. The molecular formula is C16H13ClN2OS. The van der Waals surface area contributed by atoms with Gasteiger partial charge in [-0.15, -0.1) is 11.3 Å². The van der Waals surface area contributed by atoms with Crippen molar-refractivity contribution in [1.29, 1.82) is 5.26 Å². The molecule has 1 amide bonds. The Morgan fingerprint density at radius 3 is 2.62 bits per heavy atom. The molecule has 0 saturated heterocycles. The van der Waals surface area contributed by atoms with Gasteiger partial charge in [0.1, 0.15) is 11.1 Å². The number of nitrogens with one attached hydrogen (secondary N) is 1. The molecule has 0 atom stereocenters. The lowest BCUT2D eigenvalue weighted by atomic mass is 10.2. The van der Waals surface area contributed by atoms with Crippen LogP contribution >= 0.6 is 22.9 Å². The SMILES string of the molecule is Cc1sc(NC(=O)C=Cc2ccc(Cl)cc2)c(C#N)c1C. The zero-order valence-electron chi connectivity index (χ0n) is 11.6. The van der Waals surface area contributed by atoms with Gasteiger partial charge in [-0.1, -0.05) is 23.7 Å². The molecule has 21 heavy (non-hydrogen) atoms. The Morgan fingerprint density at radius 2 is 2.00 bits per heavy atom. The molecule has 2 aromatic rings. The van der Waals surface area contributed by atoms with E-state index in [9.17, 15) is 4.79 Å². The van der Waals surface area contributed by atoms with Crippen molar-refractivity contribution in [3.05, 3.63) is 56.9 Å². The average Bonchev–Trinajstić information content (AvgIpc) is 2.72. The van der Waals surface area contributed by atoms with E-state index >= 15 is 0 Å². The molecule has 2 rings (SSSR count). The Balaban J connectivity index is 2.10. The number of amides is 1. The molecule has 0 saturated carbocycles. The summed E-state index contributed by atoms with van der Waals surface area (Å²) < 4.78 is 0. The highest BCUT2D eigenvalue weighted by Crippen LogP contribution is 2.31. The van der Waals surface area contributed by atoms with Crippen molar-refractivity contribution in [3.63, 3.8) is 0 Å². The number of rotatable bonds is 3. The number of nitriles is 1. The molecular weight excluding hydrogens is 304 g/mol. The predicted molar refractivity (Wildman–Crippen MR) is 87.6 cm³/mol. The third kappa shape index (κ3) is 3.72. The lowest BCUT2D eigenvalue weighted by Gasteiger charge is -1.99. The molecule has 1 heterocycles. The topological polar surface area (TPSA) is 52.9 Å². The summed E-state index contributed by atoms with van der Waals surface area (Å²) >= 11 is 7.21. The summed E-state index contributed by atoms with van der Waals surface area (Å²) in [7, 11) is 0. The number of aryl methyl sites for hydroxylation is 1. The van der Waals surface area contributed by atoms with Crippen LogP contribution in [0.25, 0.3) is 6.08 Å². The van der Waals surface area contributed by atoms with E-state index in [2.05, 4.69) is 11.4 Å². The van der Waals surface area contributed by atoms with Gasteiger partial charge in [0, 0.05) is 16.0 Å². The molecule has 0 spiro atoms. The van der Waals surface area contributed by atoms with E-state index < -0.39 is 0 Å². The molecule has 1 aromatic carbocycles. The highest BCUT2D eigenvalue weighted by molar-refractivity contribution is 7.16. The monoisotopic (exact) mass is 316 g/mol. The first kappa shape index (κ1) is 15.3. The first-order chi connectivity index (χ1) is 10.0. The van der Waals surface area contributed by atoms with Crippen LogP contribution < -0.4 is 5.32 Å². The van der Waals surface area contributed by atoms with Crippen molar-refractivity contribution >= 4 is 39.9 Å². The fourth-order valence-corrected chi connectivity index (χ4v) is 2.89. The molecule has 1 aromatic heterocycles. The van der Waals surface area contributed by atoms with E-state index in [0.29, 0.717) is 15.6 Å². The third-order valence-electron chi connectivity index (χ3n) is 3.03. The number of halogens is 1. The average molecular weight is 317 g/mol. The fourth-order valence-electron chi connectivity index (χ4n) is 1.75.